The predicted molar refractivity (Wildman–Crippen MR) is 161 cm³/mol. The van der Waals surface area contributed by atoms with Crippen LogP contribution < -0.4 is 15.0 Å². The highest BCUT2D eigenvalue weighted by molar-refractivity contribution is 7.91. The van der Waals surface area contributed by atoms with Gasteiger partial charge in [0.2, 0.25) is 0 Å². The standard InChI is InChI=1S/C32H36F3N3O6S/c1-2-45(40,41)29-10-3-22(4-11-29)18-37-31(39)23-5-12-30(36-19-23)38-20-28(17-25(38)21-43-26-13-15-42-16-14-26)44-27-8-6-24(7-9-27)32(33,34)35/h3-12,19,25-26,28H,2,13-18,20-21H2,1H3,(H,37,39)/t25-,28+/m0/s1. The van der Waals surface area contributed by atoms with Gasteiger partial charge in [0.15, 0.2) is 9.84 Å². The van der Waals surface area contributed by atoms with Crippen molar-refractivity contribution in [3.63, 3.8) is 0 Å². The maximum absolute atomic E-state index is 13.0. The quantitative estimate of drug-likeness (QED) is 0.309. The van der Waals surface area contributed by atoms with E-state index in [1.54, 1.807) is 31.2 Å². The number of anilines is 1. The molecule has 2 saturated heterocycles. The third kappa shape index (κ3) is 8.53. The number of aromatic nitrogens is 1. The van der Waals surface area contributed by atoms with Gasteiger partial charge < -0.3 is 24.4 Å². The number of carbonyl (C=O) groups is 1. The zero-order valence-electron chi connectivity index (χ0n) is 24.8. The van der Waals surface area contributed by atoms with Gasteiger partial charge in [-0.15, -0.1) is 0 Å². The zero-order chi connectivity index (χ0) is 32.0. The first-order valence-electron chi connectivity index (χ1n) is 14.9. The Kier molecular flexibility index (Phi) is 10.3. The normalized spacial score (nSPS) is 19.4. The Hall–Kier alpha value is -3.68. The Labute approximate surface area is 260 Å². The Morgan fingerprint density at radius 3 is 2.36 bits per heavy atom. The molecule has 3 aromatic rings. The molecule has 2 aliphatic rings. The van der Waals surface area contributed by atoms with Gasteiger partial charge in [0.1, 0.15) is 17.7 Å². The second-order valence-corrected chi connectivity index (χ2v) is 13.4. The fourth-order valence-corrected chi connectivity index (χ4v) is 6.24. The SMILES string of the molecule is CCS(=O)(=O)c1ccc(CNC(=O)c2ccc(N3C[C@H](Oc4ccc(C(F)(F)F)cc4)C[C@H]3COC3CCOCC3)nc2)cc1. The van der Waals surface area contributed by atoms with Gasteiger partial charge in [0.25, 0.3) is 5.91 Å². The lowest BCUT2D eigenvalue weighted by Gasteiger charge is -2.28. The lowest BCUT2D eigenvalue weighted by atomic mass is 10.1. The average Bonchev–Trinajstić information content (AvgIpc) is 3.45. The average molecular weight is 648 g/mol. The number of nitrogens with one attached hydrogen (secondary N) is 1. The van der Waals surface area contributed by atoms with Crippen LogP contribution in [0.15, 0.2) is 71.8 Å². The van der Waals surface area contributed by atoms with Gasteiger partial charge in [-0.1, -0.05) is 19.1 Å². The number of hydrogen-bond acceptors (Lipinski definition) is 8. The number of pyridine rings is 1. The molecule has 0 radical (unpaired) electrons. The lowest BCUT2D eigenvalue weighted by molar-refractivity contribution is -0.137. The van der Waals surface area contributed by atoms with Crippen molar-refractivity contribution >= 4 is 21.6 Å². The molecule has 2 fully saturated rings. The number of carbonyl (C=O) groups excluding carboxylic acids is 1. The largest absolute Gasteiger partial charge is 0.489 e. The van der Waals surface area contributed by atoms with Crippen LogP contribution in [0.2, 0.25) is 0 Å². The van der Waals surface area contributed by atoms with Gasteiger partial charge in [0.05, 0.1) is 47.1 Å². The molecule has 2 aliphatic heterocycles. The van der Waals surface area contributed by atoms with E-state index in [1.807, 2.05) is 4.90 Å². The molecule has 9 nitrogen and oxygen atoms in total. The summed E-state index contributed by atoms with van der Waals surface area (Å²) in [7, 11) is -3.30. The summed E-state index contributed by atoms with van der Waals surface area (Å²) in [5, 5.41) is 2.83. The van der Waals surface area contributed by atoms with Crippen molar-refractivity contribution in [2.45, 2.75) is 62.1 Å². The number of ether oxygens (including phenoxy) is 3. The highest BCUT2D eigenvalue weighted by atomic mass is 32.2. The minimum atomic E-state index is -4.42. The Balaban J connectivity index is 1.22. The molecule has 3 heterocycles. The first-order chi connectivity index (χ1) is 21.5. The first-order valence-corrected chi connectivity index (χ1v) is 16.5. The number of amides is 1. The highest BCUT2D eigenvalue weighted by Gasteiger charge is 2.36. The molecule has 0 unspecified atom stereocenters. The van der Waals surface area contributed by atoms with Crippen LogP contribution in [0, 0.1) is 0 Å². The number of rotatable bonds is 11. The Bertz CT molecular complexity index is 1530. The van der Waals surface area contributed by atoms with E-state index >= 15 is 0 Å². The smallest absolute Gasteiger partial charge is 0.416 e. The van der Waals surface area contributed by atoms with Gasteiger partial charge in [-0.3, -0.25) is 4.79 Å². The fourth-order valence-electron chi connectivity index (χ4n) is 5.36. The molecule has 13 heteroatoms. The van der Waals surface area contributed by atoms with Crippen LogP contribution in [0.25, 0.3) is 0 Å². The summed E-state index contributed by atoms with van der Waals surface area (Å²) in [5.74, 6) is 0.655. The third-order valence-electron chi connectivity index (χ3n) is 7.97. The van der Waals surface area contributed by atoms with E-state index < -0.39 is 21.6 Å². The zero-order valence-corrected chi connectivity index (χ0v) is 25.6. The minimum absolute atomic E-state index is 0.0139. The van der Waals surface area contributed by atoms with Crippen LogP contribution in [0.4, 0.5) is 19.0 Å². The second-order valence-electron chi connectivity index (χ2n) is 11.1. The number of sulfone groups is 1. The van der Waals surface area contributed by atoms with Crippen molar-refractivity contribution in [2.24, 2.45) is 0 Å². The first kappa shape index (κ1) is 32.7. The van der Waals surface area contributed by atoms with Crippen LogP contribution in [-0.4, -0.2) is 69.7 Å². The Morgan fingerprint density at radius 1 is 1.02 bits per heavy atom. The van der Waals surface area contributed by atoms with Crippen LogP contribution in [-0.2, 0) is 32.0 Å². The number of alkyl halides is 3. The summed E-state index contributed by atoms with van der Waals surface area (Å²) in [4.78, 5) is 19.7. The summed E-state index contributed by atoms with van der Waals surface area (Å²) in [5.41, 5.74) is 0.376. The van der Waals surface area contributed by atoms with Crippen molar-refractivity contribution in [1.82, 2.24) is 10.3 Å². The van der Waals surface area contributed by atoms with Crippen molar-refractivity contribution in [3.8, 4) is 5.75 Å². The molecule has 45 heavy (non-hydrogen) atoms. The van der Waals surface area contributed by atoms with Crippen LogP contribution in [0.5, 0.6) is 5.75 Å². The lowest BCUT2D eigenvalue weighted by Crippen LogP contribution is -2.36. The summed E-state index contributed by atoms with van der Waals surface area (Å²) in [6, 6.07) is 14.4. The van der Waals surface area contributed by atoms with E-state index in [4.69, 9.17) is 14.2 Å². The molecule has 0 bridgehead atoms. The van der Waals surface area contributed by atoms with E-state index in [0.29, 0.717) is 49.9 Å². The maximum atomic E-state index is 13.0. The van der Waals surface area contributed by atoms with Gasteiger partial charge in [0, 0.05) is 32.4 Å². The minimum Gasteiger partial charge on any atom is -0.489 e. The van der Waals surface area contributed by atoms with Gasteiger partial charge in [-0.25, -0.2) is 13.4 Å². The topological polar surface area (TPSA) is 107 Å². The molecule has 0 saturated carbocycles. The van der Waals surface area contributed by atoms with Crippen molar-refractivity contribution in [2.75, 3.05) is 37.0 Å². The molecule has 0 spiro atoms. The van der Waals surface area contributed by atoms with Crippen LogP contribution >= 0.6 is 0 Å². The molecular weight excluding hydrogens is 611 g/mol. The molecule has 1 amide bonds. The number of nitrogens with zero attached hydrogens (tertiary/aromatic N) is 2. The van der Waals surface area contributed by atoms with Crippen molar-refractivity contribution in [1.29, 1.82) is 0 Å². The van der Waals surface area contributed by atoms with Gasteiger partial charge in [-0.2, -0.15) is 13.2 Å². The molecule has 242 valence electrons. The van der Waals surface area contributed by atoms with Gasteiger partial charge >= 0.3 is 6.18 Å². The maximum Gasteiger partial charge on any atom is 0.416 e. The number of halogens is 3. The van der Waals surface area contributed by atoms with E-state index in [0.717, 1.165) is 30.5 Å². The molecule has 5 rings (SSSR count). The van der Waals surface area contributed by atoms with E-state index in [2.05, 4.69) is 10.3 Å². The molecule has 0 aliphatic carbocycles. The second kappa shape index (κ2) is 14.2. The molecule has 1 N–H and O–H groups in total. The number of benzene rings is 2. The number of hydrogen-bond donors (Lipinski definition) is 1. The fraction of sp³-hybridized carbons (Fsp3) is 0.438. The third-order valence-corrected chi connectivity index (χ3v) is 9.72. The monoisotopic (exact) mass is 647 g/mol. The molecule has 2 atom stereocenters. The van der Waals surface area contributed by atoms with Crippen LogP contribution in [0.3, 0.4) is 0 Å². The van der Waals surface area contributed by atoms with Crippen molar-refractivity contribution in [3.05, 3.63) is 83.6 Å². The predicted octanol–water partition coefficient (Wildman–Crippen LogP) is 5.05. The summed E-state index contributed by atoms with van der Waals surface area (Å²) >= 11 is 0. The van der Waals surface area contributed by atoms with E-state index in [9.17, 15) is 26.4 Å². The Morgan fingerprint density at radius 2 is 1.73 bits per heavy atom. The van der Waals surface area contributed by atoms with Crippen molar-refractivity contribution < 1.29 is 40.6 Å². The molecular formula is C32H36F3N3O6S. The summed E-state index contributed by atoms with van der Waals surface area (Å²) < 4.78 is 80.7. The summed E-state index contributed by atoms with van der Waals surface area (Å²) in [6.07, 6.45) is -0.968. The highest BCUT2D eigenvalue weighted by Crippen LogP contribution is 2.32. The van der Waals surface area contributed by atoms with Gasteiger partial charge in [-0.05, 0) is 66.9 Å². The van der Waals surface area contributed by atoms with E-state index in [1.165, 1.54) is 30.5 Å². The van der Waals surface area contributed by atoms with Crippen LogP contribution in [0.1, 0.15) is 47.7 Å². The molecule has 1 aromatic heterocycles. The molecule has 2 aromatic carbocycles. The van der Waals surface area contributed by atoms with E-state index in [-0.39, 0.29) is 41.4 Å². The summed E-state index contributed by atoms with van der Waals surface area (Å²) in [6.45, 7) is 3.95.